The number of hydrogen-bond donors (Lipinski definition) is 1. The Hall–Kier alpha value is -1.99. The van der Waals surface area contributed by atoms with Crippen LogP contribution in [0.2, 0.25) is 0 Å². The van der Waals surface area contributed by atoms with E-state index in [1.165, 1.54) is 18.2 Å². The number of amides is 1. The zero-order valence-corrected chi connectivity index (χ0v) is 9.46. The molecule has 0 saturated carbocycles. The van der Waals surface area contributed by atoms with Gasteiger partial charge in [-0.05, 0) is 12.1 Å². The van der Waals surface area contributed by atoms with E-state index in [9.17, 15) is 22.4 Å². The van der Waals surface area contributed by atoms with Crippen molar-refractivity contribution in [3.63, 3.8) is 0 Å². The predicted octanol–water partition coefficient (Wildman–Crippen LogP) is 2.30. The summed E-state index contributed by atoms with van der Waals surface area (Å²) in [7, 11) is 0. The van der Waals surface area contributed by atoms with Crippen LogP contribution in [-0.4, -0.2) is 31.5 Å². The molecule has 1 aliphatic heterocycles. The molecule has 0 bridgehead atoms. The lowest BCUT2D eigenvalue weighted by Gasteiger charge is -2.20. The van der Waals surface area contributed by atoms with E-state index in [0.717, 1.165) is 0 Å². The van der Waals surface area contributed by atoms with Gasteiger partial charge in [-0.1, -0.05) is 0 Å². The molecule has 1 heterocycles. The first-order chi connectivity index (χ1) is 8.91. The first-order valence-corrected chi connectivity index (χ1v) is 5.28. The number of rotatable bonds is 3. The number of nitrogens with one attached hydrogen (secondary N) is 1. The Bertz CT molecular complexity index is 493. The highest BCUT2D eigenvalue weighted by Crippen LogP contribution is 2.33. The molecule has 104 valence electrons. The van der Waals surface area contributed by atoms with Crippen LogP contribution in [0.5, 0.6) is 11.5 Å². The van der Waals surface area contributed by atoms with E-state index in [-0.39, 0.29) is 18.0 Å². The largest absolute Gasteiger partial charge is 0.486 e. The topological polar surface area (TPSA) is 47.6 Å². The molecule has 19 heavy (non-hydrogen) atoms. The molecule has 0 spiro atoms. The maximum Gasteiger partial charge on any atom is 0.383 e. The summed E-state index contributed by atoms with van der Waals surface area (Å²) >= 11 is 0. The van der Waals surface area contributed by atoms with Crippen molar-refractivity contribution >= 4 is 11.6 Å². The molecule has 0 atom stereocenters. The number of halogens is 4. The molecule has 1 aliphatic rings. The van der Waals surface area contributed by atoms with Gasteiger partial charge in [-0.15, -0.1) is 0 Å². The molecule has 0 fully saturated rings. The summed E-state index contributed by atoms with van der Waals surface area (Å²) in [5.41, 5.74) is -0.0745. The Balaban J connectivity index is 2.14. The summed E-state index contributed by atoms with van der Waals surface area (Å²) in [4.78, 5) is 11.0. The lowest BCUT2D eigenvalue weighted by Crippen LogP contribution is -2.41. The van der Waals surface area contributed by atoms with Crippen molar-refractivity contribution in [3.8, 4) is 11.5 Å². The molecule has 2 rings (SSSR count). The van der Waals surface area contributed by atoms with Crippen LogP contribution in [0.25, 0.3) is 0 Å². The van der Waals surface area contributed by atoms with Crippen molar-refractivity contribution in [3.05, 3.63) is 18.2 Å². The highest BCUT2D eigenvalue weighted by molar-refractivity contribution is 5.96. The quantitative estimate of drug-likeness (QED) is 0.864. The van der Waals surface area contributed by atoms with Gasteiger partial charge in [0.15, 0.2) is 11.5 Å². The Labute approximate surface area is 105 Å². The number of ether oxygens (including phenoxy) is 2. The minimum atomic E-state index is -4.74. The van der Waals surface area contributed by atoms with E-state index in [2.05, 4.69) is 0 Å². The van der Waals surface area contributed by atoms with E-state index >= 15 is 0 Å². The fourth-order valence-electron chi connectivity index (χ4n) is 1.43. The highest BCUT2D eigenvalue weighted by Gasteiger charge is 2.49. The smallest absolute Gasteiger partial charge is 0.383 e. The van der Waals surface area contributed by atoms with Gasteiger partial charge in [-0.25, -0.2) is 8.78 Å². The molecule has 1 N–H and O–H groups in total. The van der Waals surface area contributed by atoms with Gasteiger partial charge in [-0.2, -0.15) is 8.78 Å². The molecule has 8 heteroatoms. The van der Waals surface area contributed by atoms with E-state index in [1.807, 2.05) is 0 Å². The normalized spacial score (nSPS) is 14.4. The molecule has 0 aliphatic carbocycles. The second kappa shape index (κ2) is 4.94. The molecule has 0 saturated heterocycles. The highest BCUT2D eigenvalue weighted by atomic mass is 19.3. The van der Waals surface area contributed by atoms with E-state index in [0.29, 0.717) is 12.4 Å². The molecule has 1 aromatic rings. The zero-order valence-electron chi connectivity index (χ0n) is 9.46. The van der Waals surface area contributed by atoms with Crippen LogP contribution in [0.4, 0.5) is 23.2 Å². The van der Waals surface area contributed by atoms with Gasteiger partial charge in [0.25, 0.3) is 0 Å². The van der Waals surface area contributed by atoms with Gasteiger partial charge in [0.1, 0.15) is 13.2 Å². The van der Waals surface area contributed by atoms with Gasteiger partial charge in [0.05, 0.1) is 0 Å². The molecule has 0 aromatic heterocycles. The number of benzene rings is 1. The second-order valence-corrected chi connectivity index (χ2v) is 3.74. The summed E-state index contributed by atoms with van der Waals surface area (Å²) in [6, 6.07) is 3.88. The van der Waals surface area contributed by atoms with Gasteiger partial charge in [0, 0.05) is 11.8 Å². The minimum absolute atomic E-state index is 0.0745. The van der Waals surface area contributed by atoms with E-state index in [1.54, 1.807) is 5.32 Å². The Morgan fingerprint density at radius 1 is 1.21 bits per heavy atom. The summed E-state index contributed by atoms with van der Waals surface area (Å²) in [5.74, 6) is -6.17. The van der Waals surface area contributed by atoms with Crippen molar-refractivity contribution in [2.45, 2.75) is 12.3 Å². The Morgan fingerprint density at radius 2 is 1.84 bits per heavy atom. The van der Waals surface area contributed by atoms with Crippen LogP contribution in [0, 0.1) is 0 Å². The molecular formula is C11H9F4NO3. The van der Waals surface area contributed by atoms with Crippen LogP contribution in [0.3, 0.4) is 0 Å². The number of hydrogen-bond acceptors (Lipinski definition) is 3. The summed E-state index contributed by atoms with van der Waals surface area (Å²) in [6.45, 7) is 0.625. The molecule has 1 amide bonds. The number of anilines is 1. The lowest BCUT2D eigenvalue weighted by molar-refractivity contribution is -0.163. The first kappa shape index (κ1) is 13.4. The van der Waals surface area contributed by atoms with Crippen molar-refractivity contribution < 1.29 is 31.8 Å². The summed E-state index contributed by atoms with van der Waals surface area (Å²) in [6.07, 6.45) is -4.07. The fourth-order valence-corrected chi connectivity index (χ4v) is 1.43. The number of alkyl halides is 4. The van der Waals surface area contributed by atoms with Crippen molar-refractivity contribution in [2.75, 3.05) is 18.5 Å². The Morgan fingerprint density at radius 3 is 2.47 bits per heavy atom. The molecule has 0 unspecified atom stereocenters. The van der Waals surface area contributed by atoms with E-state index in [4.69, 9.17) is 9.47 Å². The van der Waals surface area contributed by atoms with Gasteiger partial charge in [-0.3, -0.25) is 4.79 Å². The van der Waals surface area contributed by atoms with Crippen molar-refractivity contribution in [2.24, 2.45) is 0 Å². The molecule has 1 aromatic carbocycles. The lowest BCUT2D eigenvalue weighted by atomic mass is 10.2. The standard InChI is InChI=1S/C11H9F4NO3/c12-9(13)11(14,15)10(17)16-6-1-2-7-8(5-6)19-4-3-18-7/h1-2,5,9H,3-4H2,(H,16,17). The average Bonchev–Trinajstić information content (AvgIpc) is 2.38. The summed E-state index contributed by atoms with van der Waals surface area (Å²) in [5, 5.41) is 1.71. The summed E-state index contributed by atoms with van der Waals surface area (Å²) < 4.78 is 59.8. The molecule has 0 radical (unpaired) electrons. The van der Waals surface area contributed by atoms with Crippen LogP contribution >= 0.6 is 0 Å². The SMILES string of the molecule is O=C(Nc1ccc2c(c1)OCCO2)C(F)(F)C(F)F. The fraction of sp³-hybridized carbons (Fsp3) is 0.364. The second-order valence-electron chi connectivity index (χ2n) is 3.74. The van der Waals surface area contributed by atoms with Crippen molar-refractivity contribution in [1.29, 1.82) is 0 Å². The minimum Gasteiger partial charge on any atom is -0.486 e. The number of fused-ring (bicyclic) bond motifs is 1. The maximum absolute atomic E-state index is 12.7. The third-order valence-electron chi connectivity index (χ3n) is 2.38. The number of carbonyl (C=O) groups is 1. The van der Waals surface area contributed by atoms with Crippen LogP contribution in [-0.2, 0) is 4.79 Å². The zero-order chi connectivity index (χ0) is 14.0. The van der Waals surface area contributed by atoms with Crippen LogP contribution in [0.15, 0.2) is 18.2 Å². The van der Waals surface area contributed by atoms with Gasteiger partial charge >= 0.3 is 18.3 Å². The number of carbonyl (C=O) groups excluding carboxylic acids is 1. The van der Waals surface area contributed by atoms with Crippen molar-refractivity contribution in [1.82, 2.24) is 0 Å². The van der Waals surface area contributed by atoms with Gasteiger partial charge < -0.3 is 14.8 Å². The van der Waals surface area contributed by atoms with E-state index < -0.39 is 18.3 Å². The first-order valence-electron chi connectivity index (χ1n) is 5.28. The van der Waals surface area contributed by atoms with Crippen LogP contribution in [0.1, 0.15) is 0 Å². The van der Waals surface area contributed by atoms with Crippen LogP contribution < -0.4 is 14.8 Å². The molecule has 4 nitrogen and oxygen atoms in total. The van der Waals surface area contributed by atoms with Gasteiger partial charge in [0.2, 0.25) is 0 Å². The predicted molar refractivity (Wildman–Crippen MR) is 57.0 cm³/mol. The Kier molecular flexibility index (Phi) is 3.50. The monoisotopic (exact) mass is 279 g/mol. The molecular weight excluding hydrogens is 270 g/mol. The third kappa shape index (κ3) is 2.72. The average molecular weight is 279 g/mol. The maximum atomic E-state index is 12.7. The third-order valence-corrected chi connectivity index (χ3v) is 2.38.